The first-order valence-electron chi connectivity index (χ1n) is 11.8. The van der Waals surface area contributed by atoms with E-state index < -0.39 is 17.3 Å². The summed E-state index contributed by atoms with van der Waals surface area (Å²) in [4.78, 5) is 18.8. The maximum Gasteiger partial charge on any atom is 0.252 e. The van der Waals surface area contributed by atoms with Crippen LogP contribution in [0.4, 0.5) is 27.5 Å². The lowest BCUT2D eigenvalue weighted by molar-refractivity contribution is 0.100. The van der Waals surface area contributed by atoms with Gasteiger partial charge >= 0.3 is 0 Å². The summed E-state index contributed by atoms with van der Waals surface area (Å²) in [6, 6.07) is 6.79. The van der Waals surface area contributed by atoms with E-state index in [0.29, 0.717) is 5.69 Å². The third-order valence-corrected chi connectivity index (χ3v) is 7.23. The second-order valence-electron chi connectivity index (χ2n) is 9.50. The Kier molecular flexibility index (Phi) is 5.55. The average molecular weight is 467 g/mol. The number of pyridine rings is 1. The van der Waals surface area contributed by atoms with Crippen LogP contribution in [-0.4, -0.2) is 45.3 Å². The summed E-state index contributed by atoms with van der Waals surface area (Å²) in [5.74, 6) is -0.199. The number of nitrogens with one attached hydrogen (secondary N) is 2. The Hall–Kier alpha value is -3.40. The highest BCUT2D eigenvalue weighted by Crippen LogP contribution is 2.38. The van der Waals surface area contributed by atoms with Gasteiger partial charge in [0.25, 0.3) is 5.91 Å². The quantitative estimate of drug-likeness (QED) is 0.421. The molecule has 0 unspecified atom stereocenters. The number of nitrogens with two attached hydrogens (primary N) is 2. The van der Waals surface area contributed by atoms with Crippen LogP contribution < -0.4 is 27.0 Å². The zero-order chi connectivity index (χ0) is 24.0. The minimum absolute atomic E-state index is 0.0162. The van der Waals surface area contributed by atoms with Crippen LogP contribution in [0.1, 0.15) is 49.4 Å². The Morgan fingerprint density at radius 2 is 1.91 bits per heavy atom. The van der Waals surface area contributed by atoms with E-state index in [1.54, 1.807) is 0 Å². The van der Waals surface area contributed by atoms with E-state index in [0.717, 1.165) is 68.0 Å². The first-order valence-corrected chi connectivity index (χ1v) is 11.8. The van der Waals surface area contributed by atoms with E-state index in [1.165, 1.54) is 0 Å². The van der Waals surface area contributed by atoms with Gasteiger partial charge < -0.3 is 27.0 Å². The van der Waals surface area contributed by atoms with Crippen LogP contribution in [0.25, 0.3) is 10.9 Å². The van der Waals surface area contributed by atoms with Crippen LogP contribution in [-0.2, 0) is 7.05 Å². The smallest absolute Gasteiger partial charge is 0.252 e. The van der Waals surface area contributed by atoms with E-state index in [4.69, 9.17) is 16.6 Å². The Labute approximate surface area is 197 Å². The number of aromatic nitrogens is 3. The van der Waals surface area contributed by atoms with Gasteiger partial charge in [-0.15, -0.1) is 0 Å². The molecule has 1 amide bonds. The van der Waals surface area contributed by atoms with Gasteiger partial charge in [-0.2, -0.15) is 5.10 Å². The summed E-state index contributed by atoms with van der Waals surface area (Å²) in [6.45, 7) is 3.86. The second kappa shape index (κ2) is 8.43. The van der Waals surface area contributed by atoms with Crippen molar-refractivity contribution in [3.05, 3.63) is 35.6 Å². The van der Waals surface area contributed by atoms with Crippen molar-refractivity contribution in [1.82, 2.24) is 14.8 Å². The van der Waals surface area contributed by atoms with E-state index in [9.17, 15) is 9.18 Å². The predicted octanol–water partition coefficient (Wildman–Crippen LogP) is 3.23. The Balaban J connectivity index is 1.51. The number of anilines is 4. The van der Waals surface area contributed by atoms with Gasteiger partial charge in [-0.1, -0.05) is 0 Å². The van der Waals surface area contributed by atoms with E-state index in [2.05, 4.69) is 20.5 Å². The van der Waals surface area contributed by atoms with Gasteiger partial charge in [0.05, 0.1) is 16.6 Å². The molecule has 34 heavy (non-hydrogen) atoms. The van der Waals surface area contributed by atoms with Gasteiger partial charge in [0.2, 0.25) is 0 Å². The molecule has 1 saturated heterocycles. The van der Waals surface area contributed by atoms with Gasteiger partial charge in [-0.25, -0.2) is 9.37 Å². The molecule has 9 nitrogen and oxygen atoms in total. The summed E-state index contributed by atoms with van der Waals surface area (Å²) in [7, 11) is 1.93. The van der Waals surface area contributed by atoms with Crippen LogP contribution in [0.15, 0.2) is 24.3 Å². The molecule has 1 aromatic carbocycles. The molecule has 5 rings (SSSR count). The lowest BCUT2D eigenvalue weighted by Gasteiger charge is -2.46. The summed E-state index contributed by atoms with van der Waals surface area (Å²) in [5, 5.41) is 12.1. The normalized spacial score (nSPS) is 18.1. The van der Waals surface area contributed by atoms with Crippen LogP contribution in [0.3, 0.4) is 0 Å². The Morgan fingerprint density at radius 3 is 2.53 bits per heavy atom. The minimum atomic E-state index is -0.758. The van der Waals surface area contributed by atoms with Crippen molar-refractivity contribution in [2.45, 2.75) is 50.6 Å². The van der Waals surface area contributed by atoms with E-state index in [-0.39, 0.29) is 23.2 Å². The van der Waals surface area contributed by atoms with E-state index in [1.807, 2.05) is 36.9 Å². The number of hydrogen-bond acceptors (Lipinski definition) is 7. The highest BCUT2D eigenvalue weighted by Gasteiger charge is 2.41. The summed E-state index contributed by atoms with van der Waals surface area (Å²) in [5.41, 5.74) is 13.0. The van der Waals surface area contributed by atoms with Crippen molar-refractivity contribution in [3.8, 4) is 0 Å². The Morgan fingerprint density at radius 1 is 1.18 bits per heavy atom. The van der Waals surface area contributed by atoms with Crippen LogP contribution in [0, 0.1) is 5.82 Å². The number of halogens is 1. The number of fused-ring (bicyclic) bond motifs is 1. The maximum absolute atomic E-state index is 14.9. The van der Waals surface area contributed by atoms with Gasteiger partial charge in [0.1, 0.15) is 5.82 Å². The zero-order valence-corrected chi connectivity index (χ0v) is 19.6. The fourth-order valence-electron chi connectivity index (χ4n) is 4.97. The highest BCUT2D eigenvalue weighted by atomic mass is 19.1. The van der Waals surface area contributed by atoms with Crippen molar-refractivity contribution in [2.24, 2.45) is 18.5 Å². The maximum atomic E-state index is 14.9. The third kappa shape index (κ3) is 3.81. The molecule has 1 aliphatic carbocycles. The van der Waals surface area contributed by atoms with Crippen LogP contribution in [0.2, 0.25) is 0 Å². The molecular formula is C24H31FN8O. The second-order valence-corrected chi connectivity index (χ2v) is 9.50. The van der Waals surface area contributed by atoms with Crippen LogP contribution in [0.5, 0.6) is 0 Å². The summed E-state index contributed by atoms with van der Waals surface area (Å²) < 4.78 is 16.8. The molecule has 0 spiro atoms. The minimum Gasteiger partial charge on any atom is -0.365 e. The number of hydrogen-bond donors (Lipinski definition) is 4. The first kappa shape index (κ1) is 22.4. The molecule has 2 fully saturated rings. The lowest BCUT2D eigenvalue weighted by Crippen LogP contribution is -2.57. The molecule has 0 bridgehead atoms. The molecule has 1 saturated carbocycles. The zero-order valence-electron chi connectivity index (χ0n) is 19.6. The number of rotatable bonds is 7. The molecule has 3 heterocycles. The molecule has 2 aliphatic rings. The molecule has 10 heteroatoms. The standard InChI is InChI=1S/C24H31FN8O/c1-14(26)24(8-5-9-24)30-22-18(25)13-17(20(27)34)21(29-22)28-15-6-7-19-16(12-15)23(31-32(19)2)33-10-3-4-11-33/h6-7,12-14H,3-5,8-11,26H2,1-2H3,(H2,27,34)(H2,28,29,30)/t14-/m0/s1. The van der Waals surface area contributed by atoms with E-state index >= 15 is 0 Å². The number of nitrogens with zero attached hydrogens (tertiary/aromatic N) is 4. The topological polar surface area (TPSA) is 127 Å². The number of carbonyl (C=O) groups is 1. The van der Waals surface area contributed by atoms with Gasteiger partial charge in [-0.05, 0) is 63.3 Å². The van der Waals surface area contributed by atoms with Crippen molar-refractivity contribution in [3.63, 3.8) is 0 Å². The number of carbonyl (C=O) groups excluding carboxylic acids is 1. The Bertz CT molecular complexity index is 1240. The molecule has 1 aliphatic heterocycles. The van der Waals surface area contributed by atoms with Crippen molar-refractivity contribution in [2.75, 3.05) is 28.6 Å². The first-order chi connectivity index (χ1) is 16.3. The summed E-state index contributed by atoms with van der Waals surface area (Å²) in [6.07, 6.45) is 4.99. The molecule has 2 aromatic heterocycles. The number of benzene rings is 1. The molecule has 1 atom stereocenters. The third-order valence-electron chi connectivity index (χ3n) is 7.23. The van der Waals surface area contributed by atoms with Crippen molar-refractivity contribution < 1.29 is 9.18 Å². The van der Waals surface area contributed by atoms with Gasteiger partial charge in [0, 0.05) is 37.3 Å². The molecule has 180 valence electrons. The van der Waals surface area contributed by atoms with Crippen molar-refractivity contribution in [1.29, 1.82) is 0 Å². The predicted molar refractivity (Wildman–Crippen MR) is 132 cm³/mol. The molecular weight excluding hydrogens is 435 g/mol. The number of primary amides is 1. The average Bonchev–Trinajstić information content (AvgIpc) is 3.40. The monoisotopic (exact) mass is 466 g/mol. The number of amides is 1. The fourth-order valence-corrected chi connectivity index (χ4v) is 4.97. The summed E-state index contributed by atoms with van der Waals surface area (Å²) >= 11 is 0. The lowest BCUT2D eigenvalue weighted by atomic mass is 9.72. The number of aryl methyl sites for hydroxylation is 1. The SMILES string of the molecule is C[C@H](N)C1(Nc2nc(Nc3ccc4c(c3)c(N3CCCC3)nn4C)c(C(N)=O)cc2F)CCC1. The molecule has 0 radical (unpaired) electrons. The largest absolute Gasteiger partial charge is 0.365 e. The molecule has 3 aromatic rings. The van der Waals surface area contributed by atoms with Gasteiger partial charge in [0.15, 0.2) is 17.5 Å². The molecule has 6 N–H and O–H groups in total. The van der Waals surface area contributed by atoms with Crippen LogP contribution >= 0.6 is 0 Å². The highest BCUT2D eigenvalue weighted by molar-refractivity contribution is 5.99. The fraction of sp³-hybridized carbons (Fsp3) is 0.458. The van der Waals surface area contributed by atoms with Crippen molar-refractivity contribution >= 4 is 40.0 Å². The van der Waals surface area contributed by atoms with Gasteiger partial charge in [-0.3, -0.25) is 9.48 Å².